The van der Waals surface area contributed by atoms with Crippen LogP contribution >= 0.6 is 0 Å². The Morgan fingerprint density at radius 2 is 1.43 bits per heavy atom. The maximum atomic E-state index is 13.2. The van der Waals surface area contributed by atoms with Gasteiger partial charge in [0.2, 0.25) is 5.91 Å². The molecule has 9 heteroatoms. The highest BCUT2D eigenvalue weighted by atomic mass is 19.1. The van der Waals surface area contributed by atoms with E-state index in [1.807, 2.05) is 4.90 Å². The minimum absolute atomic E-state index is 0.103. The van der Waals surface area contributed by atoms with Crippen LogP contribution in [0.15, 0.2) is 66.7 Å². The van der Waals surface area contributed by atoms with E-state index in [2.05, 4.69) is 5.32 Å². The van der Waals surface area contributed by atoms with Crippen LogP contribution in [-0.4, -0.2) is 72.2 Å². The zero-order chi connectivity index (χ0) is 26.1. The number of fused-ring (bicyclic) bond motifs is 2. The molecule has 0 saturated carbocycles. The van der Waals surface area contributed by atoms with Crippen molar-refractivity contribution in [2.45, 2.75) is 6.04 Å². The molecule has 1 atom stereocenters. The van der Waals surface area contributed by atoms with Crippen LogP contribution in [0.1, 0.15) is 42.2 Å². The molecule has 0 radical (unpaired) electrons. The number of rotatable bonds is 5. The molecule has 1 aliphatic carbocycles. The molecule has 188 valence electrons. The molecule has 3 aromatic carbocycles. The number of aliphatic hydroxyl groups excluding tert-OH is 1. The first-order chi connectivity index (χ1) is 17.9. The first-order valence-electron chi connectivity index (χ1n) is 11.9. The third kappa shape index (κ3) is 4.61. The molecule has 2 aliphatic rings. The van der Waals surface area contributed by atoms with Crippen molar-refractivity contribution in [1.29, 1.82) is 0 Å². The summed E-state index contributed by atoms with van der Waals surface area (Å²) in [6.07, 6.45) is 0. The van der Waals surface area contributed by atoms with Gasteiger partial charge in [0.25, 0.3) is 5.91 Å². The fourth-order valence-corrected chi connectivity index (χ4v) is 4.73. The smallest absolute Gasteiger partial charge is 0.252 e. The SMILES string of the molecule is O=C(N[C@@H](CO)C(=O)N1CCN(c2ccc(F)cc2)CC1)c1ccc2c(c1)C(=O)c1ccccc1C2=O. The molecule has 8 nitrogen and oxygen atoms in total. The van der Waals surface area contributed by atoms with Gasteiger partial charge in [-0.15, -0.1) is 0 Å². The highest BCUT2D eigenvalue weighted by molar-refractivity contribution is 6.28. The molecule has 0 unspecified atom stereocenters. The first kappa shape index (κ1) is 24.3. The molecule has 1 heterocycles. The lowest BCUT2D eigenvalue weighted by atomic mass is 9.83. The van der Waals surface area contributed by atoms with E-state index in [0.717, 1.165) is 5.69 Å². The molecule has 0 spiro atoms. The van der Waals surface area contributed by atoms with Crippen molar-refractivity contribution in [3.8, 4) is 0 Å². The van der Waals surface area contributed by atoms with Gasteiger partial charge in [-0.1, -0.05) is 24.3 Å². The summed E-state index contributed by atoms with van der Waals surface area (Å²) in [7, 11) is 0. The second kappa shape index (κ2) is 9.94. The van der Waals surface area contributed by atoms with E-state index in [1.54, 1.807) is 41.3 Å². The summed E-state index contributed by atoms with van der Waals surface area (Å²) >= 11 is 0. The number of aliphatic hydroxyl groups is 1. The van der Waals surface area contributed by atoms with Crippen molar-refractivity contribution < 1.29 is 28.7 Å². The zero-order valence-corrected chi connectivity index (χ0v) is 19.8. The van der Waals surface area contributed by atoms with E-state index in [4.69, 9.17) is 0 Å². The van der Waals surface area contributed by atoms with Gasteiger partial charge in [0.1, 0.15) is 11.9 Å². The summed E-state index contributed by atoms with van der Waals surface area (Å²) in [5, 5.41) is 12.4. The number of carbonyl (C=O) groups excluding carboxylic acids is 4. The van der Waals surface area contributed by atoms with Crippen LogP contribution in [0.4, 0.5) is 10.1 Å². The van der Waals surface area contributed by atoms with Gasteiger partial charge in [0.05, 0.1) is 6.61 Å². The number of hydrogen-bond donors (Lipinski definition) is 2. The molecule has 3 aromatic rings. The van der Waals surface area contributed by atoms with Crippen molar-refractivity contribution >= 4 is 29.1 Å². The van der Waals surface area contributed by atoms with E-state index in [1.165, 1.54) is 30.3 Å². The van der Waals surface area contributed by atoms with Gasteiger partial charge in [-0.2, -0.15) is 0 Å². The average molecular weight is 502 g/mol. The van der Waals surface area contributed by atoms with Crippen LogP contribution in [0.5, 0.6) is 0 Å². The molecular weight excluding hydrogens is 477 g/mol. The summed E-state index contributed by atoms with van der Waals surface area (Å²) < 4.78 is 13.2. The van der Waals surface area contributed by atoms with E-state index in [-0.39, 0.29) is 39.6 Å². The number of ketones is 2. The van der Waals surface area contributed by atoms with Crippen LogP contribution in [-0.2, 0) is 4.79 Å². The monoisotopic (exact) mass is 501 g/mol. The Labute approximate surface area is 212 Å². The number of hydrogen-bond acceptors (Lipinski definition) is 6. The number of carbonyl (C=O) groups is 4. The number of piperazine rings is 1. The van der Waals surface area contributed by atoms with Gasteiger partial charge in [-0.3, -0.25) is 19.2 Å². The predicted octanol–water partition coefficient (Wildman–Crippen LogP) is 2.04. The molecule has 1 saturated heterocycles. The van der Waals surface area contributed by atoms with Crippen molar-refractivity contribution in [2.75, 3.05) is 37.7 Å². The Hall–Kier alpha value is -4.37. The summed E-state index contributed by atoms with van der Waals surface area (Å²) in [6.45, 7) is 1.19. The van der Waals surface area contributed by atoms with Crippen LogP contribution in [0.25, 0.3) is 0 Å². The standard InChI is InChI=1S/C28H24FN3O5/c29-18-6-8-19(9-7-18)31-11-13-32(14-12-31)28(37)24(16-33)30-27(36)17-5-10-22-23(15-17)26(35)21-4-2-1-3-20(21)25(22)34/h1-10,15,24,33H,11-14,16H2,(H,30,36)/t24-/m0/s1. The summed E-state index contributed by atoms with van der Waals surface area (Å²) in [4.78, 5) is 55.3. The number of anilines is 1. The number of halogens is 1. The van der Waals surface area contributed by atoms with Crippen LogP contribution < -0.4 is 10.2 Å². The minimum atomic E-state index is -1.17. The van der Waals surface area contributed by atoms with Crippen molar-refractivity contribution in [1.82, 2.24) is 10.2 Å². The molecular formula is C28H24FN3O5. The van der Waals surface area contributed by atoms with Gasteiger partial charge < -0.3 is 20.2 Å². The normalized spacial score (nSPS) is 15.6. The fraction of sp³-hybridized carbons (Fsp3) is 0.214. The van der Waals surface area contributed by atoms with Gasteiger partial charge in [0, 0.05) is 59.7 Å². The summed E-state index contributed by atoms with van der Waals surface area (Å²) in [6, 6.07) is 15.7. The van der Waals surface area contributed by atoms with Crippen molar-refractivity contribution in [3.63, 3.8) is 0 Å². The van der Waals surface area contributed by atoms with Crippen LogP contribution in [0, 0.1) is 5.82 Å². The molecule has 1 fully saturated rings. The second-order valence-corrected chi connectivity index (χ2v) is 8.96. The highest BCUT2D eigenvalue weighted by Gasteiger charge is 2.32. The topological polar surface area (TPSA) is 107 Å². The molecule has 1 aliphatic heterocycles. The number of nitrogens with zero attached hydrogens (tertiary/aromatic N) is 2. The minimum Gasteiger partial charge on any atom is -0.394 e. The third-order valence-corrected chi connectivity index (χ3v) is 6.76. The van der Waals surface area contributed by atoms with E-state index < -0.39 is 24.5 Å². The van der Waals surface area contributed by atoms with E-state index in [0.29, 0.717) is 31.7 Å². The largest absolute Gasteiger partial charge is 0.394 e. The van der Waals surface area contributed by atoms with Crippen LogP contribution in [0.2, 0.25) is 0 Å². The number of nitrogens with one attached hydrogen (secondary N) is 1. The predicted molar refractivity (Wildman–Crippen MR) is 133 cm³/mol. The van der Waals surface area contributed by atoms with Crippen molar-refractivity contribution in [2.24, 2.45) is 0 Å². The maximum Gasteiger partial charge on any atom is 0.252 e. The Morgan fingerprint density at radius 1 is 0.838 bits per heavy atom. The van der Waals surface area contributed by atoms with Gasteiger partial charge >= 0.3 is 0 Å². The highest BCUT2D eigenvalue weighted by Crippen LogP contribution is 2.28. The lowest BCUT2D eigenvalue weighted by molar-refractivity contribution is -0.134. The number of benzene rings is 3. The van der Waals surface area contributed by atoms with Gasteiger partial charge in [-0.05, 0) is 42.5 Å². The quantitative estimate of drug-likeness (QED) is 0.434. The first-order valence-corrected chi connectivity index (χ1v) is 11.9. The lowest BCUT2D eigenvalue weighted by Gasteiger charge is -2.37. The average Bonchev–Trinajstić information content (AvgIpc) is 2.94. The van der Waals surface area contributed by atoms with Crippen molar-refractivity contribution in [3.05, 3.63) is 100 Å². The fourth-order valence-electron chi connectivity index (χ4n) is 4.73. The van der Waals surface area contributed by atoms with E-state index in [9.17, 15) is 28.7 Å². The third-order valence-electron chi connectivity index (χ3n) is 6.76. The zero-order valence-electron chi connectivity index (χ0n) is 19.8. The Bertz CT molecular complexity index is 1400. The Balaban J connectivity index is 1.26. The number of amides is 2. The molecule has 5 rings (SSSR count). The molecule has 0 bridgehead atoms. The van der Waals surface area contributed by atoms with Crippen LogP contribution in [0.3, 0.4) is 0 Å². The molecule has 2 N–H and O–H groups in total. The van der Waals surface area contributed by atoms with Gasteiger partial charge in [0.15, 0.2) is 11.6 Å². The summed E-state index contributed by atoms with van der Waals surface area (Å²) in [5.41, 5.74) is 1.90. The van der Waals surface area contributed by atoms with E-state index >= 15 is 0 Å². The second-order valence-electron chi connectivity index (χ2n) is 8.96. The Morgan fingerprint density at radius 3 is 2.05 bits per heavy atom. The molecule has 37 heavy (non-hydrogen) atoms. The molecule has 0 aromatic heterocycles. The maximum absolute atomic E-state index is 13.2. The lowest BCUT2D eigenvalue weighted by Crippen LogP contribution is -2.56. The molecule has 2 amide bonds. The van der Waals surface area contributed by atoms with Gasteiger partial charge in [-0.25, -0.2) is 4.39 Å². The summed E-state index contributed by atoms with van der Waals surface area (Å²) in [5.74, 6) is -2.03. The Kier molecular flexibility index (Phi) is 6.54.